The highest BCUT2D eigenvalue weighted by Crippen LogP contribution is 2.29. The van der Waals surface area contributed by atoms with Crippen LogP contribution in [0.25, 0.3) is 0 Å². The molecule has 1 saturated heterocycles. The molecular weight excluding hydrogens is 208 g/mol. The van der Waals surface area contributed by atoms with Gasteiger partial charge in [0, 0.05) is 6.61 Å². The van der Waals surface area contributed by atoms with Crippen molar-refractivity contribution in [2.45, 2.75) is 90.6 Å². The second kappa shape index (κ2) is 9.94. The Bertz CT molecular complexity index is 149. The van der Waals surface area contributed by atoms with Gasteiger partial charge in [-0.3, -0.25) is 0 Å². The third-order valence-corrected chi connectivity index (χ3v) is 4.12. The fraction of sp³-hybridized carbons (Fsp3) is 1.00. The summed E-state index contributed by atoms with van der Waals surface area (Å²) in [6, 6.07) is 0. The lowest BCUT2D eigenvalue weighted by molar-refractivity contribution is 0.0785. The highest BCUT2D eigenvalue weighted by molar-refractivity contribution is 4.76. The Balaban J connectivity index is 2.06. The molecule has 0 aromatic carbocycles. The van der Waals surface area contributed by atoms with Gasteiger partial charge in [-0.05, 0) is 25.2 Å². The average Bonchev–Trinajstić information content (AvgIpc) is 2.78. The summed E-state index contributed by atoms with van der Waals surface area (Å²) in [6.07, 6.45) is 15.8. The lowest BCUT2D eigenvalue weighted by Gasteiger charge is -2.18. The van der Waals surface area contributed by atoms with E-state index in [-0.39, 0.29) is 0 Å². The van der Waals surface area contributed by atoms with Gasteiger partial charge in [0.05, 0.1) is 6.10 Å². The second-order valence-corrected chi connectivity index (χ2v) is 5.66. The van der Waals surface area contributed by atoms with E-state index in [9.17, 15) is 0 Å². The summed E-state index contributed by atoms with van der Waals surface area (Å²) in [6.45, 7) is 5.59. The smallest absolute Gasteiger partial charge is 0.0604 e. The van der Waals surface area contributed by atoms with Crippen LogP contribution in [0.2, 0.25) is 0 Å². The molecule has 0 aromatic rings. The van der Waals surface area contributed by atoms with Crippen LogP contribution < -0.4 is 0 Å². The molecular formula is C16H32O. The van der Waals surface area contributed by atoms with Crippen LogP contribution in [0.3, 0.4) is 0 Å². The molecule has 1 heteroatoms. The maximum absolute atomic E-state index is 5.90. The first kappa shape index (κ1) is 15.0. The predicted molar refractivity (Wildman–Crippen MR) is 75.4 cm³/mol. The first-order valence-electron chi connectivity index (χ1n) is 8.00. The van der Waals surface area contributed by atoms with Crippen LogP contribution in [0.5, 0.6) is 0 Å². The van der Waals surface area contributed by atoms with Crippen LogP contribution in [0.4, 0.5) is 0 Å². The number of hydrogen-bond acceptors (Lipinski definition) is 1. The van der Waals surface area contributed by atoms with Crippen molar-refractivity contribution >= 4 is 0 Å². The monoisotopic (exact) mass is 240 g/mol. The maximum atomic E-state index is 5.90. The molecule has 1 aliphatic heterocycles. The highest BCUT2D eigenvalue weighted by atomic mass is 16.5. The third-order valence-electron chi connectivity index (χ3n) is 4.12. The van der Waals surface area contributed by atoms with Gasteiger partial charge in [0.2, 0.25) is 0 Å². The molecule has 0 aromatic heterocycles. The van der Waals surface area contributed by atoms with E-state index in [0.29, 0.717) is 6.10 Å². The van der Waals surface area contributed by atoms with Crippen molar-refractivity contribution in [3.63, 3.8) is 0 Å². The SMILES string of the molecule is CCCCCCC1CCOC1CCCCCC. The summed E-state index contributed by atoms with van der Waals surface area (Å²) in [7, 11) is 0. The molecule has 0 bridgehead atoms. The molecule has 0 amide bonds. The molecule has 1 fully saturated rings. The van der Waals surface area contributed by atoms with Gasteiger partial charge >= 0.3 is 0 Å². The van der Waals surface area contributed by atoms with E-state index in [1.807, 2.05) is 0 Å². The normalized spacial score (nSPS) is 24.4. The molecule has 1 aliphatic rings. The molecule has 0 radical (unpaired) electrons. The molecule has 0 aliphatic carbocycles. The van der Waals surface area contributed by atoms with E-state index in [1.54, 1.807) is 0 Å². The van der Waals surface area contributed by atoms with Crippen molar-refractivity contribution in [3.05, 3.63) is 0 Å². The Morgan fingerprint density at radius 2 is 1.47 bits per heavy atom. The van der Waals surface area contributed by atoms with Crippen LogP contribution in [0.1, 0.15) is 84.5 Å². The minimum atomic E-state index is 0.605. The van der Waals surface area contributed by atoms with E-state index < -0.39 is 0 Å². The summed E-state index contributed by atoms with van der Waals surface area (Å²) in [5.41, 5.74) is 0. The number of hydrogen-bond donors (Lipinski definition) is 0. The largest absolute Gasteiger partial charge is 0.378 e. The van der Waals surface area contributed by atoms with Crippen molar-refractivity contribution in [2.24, 2.45) is 5.92 Å². The Hall–Kier alpha value is -0.0400. The number of rotatable bonds is 10. The zero-order chi connectivity index (χ0) is 12.3. The first-order valence-corrected chi connectivity index (χ1v) is 8.00. The fourth-order valence-electron chi connectivity index (χ4n) is 2.95. The van der Waals surface area contributed by atoms with Crippen molar-refractivity contribution in [2.75, 3.05) is 6.61 Å². The van der Waals surface area contributed by atoms with Gasteiger partial charge < -0.3 is 4.74 Å². The van der Waals surface area contributed by atoms with Crippen LogP contribution in [0.15, 0.2) is 0 Å². The van der Waals surface area contributed by atoms with Crippen molar-refractivity contribution in [3.8, 4) is 0 Å². The first-order chi connectivity index (χ1) is 8.38. The molecule has 0 spiro atoms. The predicted octanol–water partition coefficient (Wildman–Crippen LogP) is 5.33. The molecule has 2 unspecified atom stereocenters. The second-order valence-electron chi connectivity index (χ2n) is 5.66. The van der Waals surface area contributed by atoms with Gasteiger partial charge in [-0.15, -0.1) is 0 Å². The Morgan fingerprint density at radius 3 is 2.12 bits per heavy atom. The van der Waals surface area contributed by atoms with E-state index in [0.717, 1.165) is 12.5 Å². The van der Waals surface area contributed by atoms with Crippen molar-refractivity contribution in [1.82, 2.24) is 0 Å². The number of unbranched alkanes of at least 4 members (excludes halogenated alkanes) is 6. The zero-order valence-electron chi connectivity index (χ0n) is 12.0. The van der Waals surface area contributed by atoms with Gasteiger partial charge in [0.25, 0.3) is 0 Å². The van der Waals surface area contributed by atoms with Crippen LogP contribution in [-0.4, -0.2) is 12.7 Å². The summed E-state index contributed by atoms with van der Waals surface area (Å²) in [5, 5.41) is 0. The molecule has 1 rings (SSSR count). The molecule has 17 heavy (non-hydrogen) atoms. The van der Waals surface area contributed by atoms with Crippen LogP contribution >= 0.6 is 0 Å². The van der Waals surface area contributed by atoms with E-state index in [1.165, 1.54) is 70.6 Å². The Morgan fingerprint density at radius 1 is 0.824 bits per heavy atom. The summed E-state index contributed by atoms with van der Waals surface area (Å²) in [4.78, 5) is 0. The summed E-state index contributed by atoms with van der Waals surface area (Å²) >= 11 is 0. The lowest BCUT2D eigenvalue weighted by Crippen LogP contribution is -2.15. The highest BCUT2D eigenvalue weighted by Gasteiger charge is 2.26. The van der Waals surface area contributed by atoms with Crippen molar-refractivity contribution in [1.29, 1.82) is 0 Å². The van der Waals surface area contributed by atoms with Gasteiger partial charge in [0.15, 0.2) is 0 Å². The summed E-state index contributed by atoms with van der Waals surface area (Å²) in [5.74, 6) is 0.883. The van der Waals surface area contributed by atoms with Gasteiger partial charge in [-0.25, -0.2) is 0 Å². The summed E-state index contributed by atoms with van der Waals surface area (Å²) < 4.78 is 5.90. The molecule has 1 nitrogen and oxygen atoms in total. The molecule has 1 heterocycles. The van der Waals surface area contributed by atoms with E-state index >= 15 is 0 Å². The zero-order valence-corrected chi connectivity index (χ0v) is 12.0. The third kappa shape index (κ3) is 6.45. The van der Waals surface area contributed by atoms with Gasteiger partial charge in [-0.1, -0.05) is 65.2 Å². The maximum Gasteiger partial charge on any atom is 0.0604 e. The topological polar surface area (TPSA) is 9.23 Å². The average molecular weight is 240 g/mol. The van der Waals surface area contributed by atoms with E-state index in [4.69, 9.17) is 4.74 Å². The number of ether oxygens (including phenoxy) is 1. The molecule has 0 saturated carbocycles. The Kier molecular flexibility index (Phi) is 8.78. The molecule has 0 N–H and O–H groups in total. The van der Waals surface area contributed by atoms with Crippen LogP contribution in [-0.2, 0) is 4.74 Å². The van der Waals surface area contributed by atoms with Gasteiger partial charge in [0.1, 0.15) is 0 Å². The van der Waals surface area contributed by atoms with Crippen molar-refractivity contribution < 1.29 is 4.74 Å². The van der Waals surface area contributed by atoms with Gasteiger partial charge in [-0.2, -0.15) is 0 Å². The van der Waals surface area contributed by atoms with E-state index in [2.05, 4.69) is 13.8 Å². The quantitative estimate of drug-likeness (QED) is 0.469. The minimum absolute atomic E-state index is 0.605. The standard InChI is InChI=1S/C16H32O/c1-3-5-7-9-11-15-13-14-17-16(15)12-10-8-6-4-2/h15-16H,3-14H2,1-2H3. The minimum Gasteiger partial charge on any atom is -0.378 e. The molecule has 2 atom stereocenters. The fourth-order valence-corrected chi connectivity index (χ4v) is 2.95. The Labute approximate surface area is 108 Å². The lowest BCUT2D eigenvalue weighted by atomic mass is 9.91. The van der Waals surface area contributed by atoms with Crippen LogP contribution in [0, 0.1) is 5.92 Å². The molecule has 102 valence electrons.